The first-order valence-corrected chi connectivity index (χ1v) is 7.53. The number of rotatable bonds is 2. The van der Waals surface area contributed by atoms with Crippen molar-refractivity contribution in [2.45, 2.75) is 0 Å². The van der Waals surface area contributed by atoms with Crippen molar-refractivity contribution in [3.05, 3.63) is 44.9 Å². The Bertz CT molecular complexity index is 885. The van der Waals surface area contributed by atoms with E-state index in [-0.39, 0.29) is 0 Å². The highest BCUT2D eigenvalue weighted by Gasteiger charge is 2.15. The molecule has 21 heavy (non-hydrogen) atoms. The monoisotopic (exact) mass is 354 g/mol. The second-order valence-corrected chi connectivity index (χ2v) is 5.88. The van der Waals surface area contributed by atoms with Gasteiger partial charge in [0.05, 0.1) is 38.7 Å². The number of benzene rings is 2. The van der Waals surface area contributed by atoms with Crippen LogP contribution in [0.5, 0.6) is 0 Å². The van der Waals surface area contributed by atoms with E-state index in [2.05, 4.69) is 20.1 Å². The fourth-order valence-corrected chi connectivity index (χ4v) is 3.18. The number of aromatic nitrogens is 2. The minimum absolute atomic E-state index is 0.393. The summed E-state index contributed by atoms with van der Waals surface area (Å²) >= 11 is 19.3. The van der Waals surface area contributed by atoms with Gasteiger partial charge in [-0.3, -0.25) is 0 Å². The van der Waals surface area contributed by atoms with Crippen LogP contribution in [0.25, 0.3) is 11.0 Å². The molecule has 0 aliphatic carbocycles. The SMILES string of the molecule is N#Cc1ccc(Cl)cc1Nc1c(Cl)cc(Cl)c2nsnc12. The summed E-state index contributed by atoms with van der Waals surface area (Å²) in [7, 11) is 0. The van der Waals surface area contributed by atoms with Crippen LogP contribution in [-0.2, 0) is 0 Å². The molecule has 0 atom stereocenters. The highest BCUT2D eigenvalue weighted by Crippen LogP contribution is 2.37. The average Bonchev–Trinajstić information content (AvgIpc) is 2.93. The summed E-state index contributed by atoms with van der Waals surface area (Å²) in [5.74, 6) is 0. The fourth-order valence-electron chi connectivity index (χ4n) is 1.85. The lowest BCUT2D eigenvalue weighted by Gasteiger charge is -2.11. The molecule has 0 unspecified atom stereocenters. The third-order valence-corrected chi connectivity index (χ3v) is 4.16. The number of halogens is 3. The Morgan fingerprint density at radius 2 is 1.81 bits per heavy atom. The van der Waals surface area contributed by atoms with Crippen molar-refractivity contribution < 1.29 is 0 Å². The summed E-state index contributed by atoms with van der Waals surface area (Å²) in [6, 6.07) is 8.61. The van der Waals surface area contributed by atoms with Crippen LogP contribution >= 0.6 is 46.5 Å². The van der Waals surface area contributed by atoms with E-state index in [9.17, 15) is 0 Å². The molecular weight excluding hydrogens is 351 g/mol. The largest absolute Gasteiger partial charge is 0.351 e. The molecule has 0 amide bonds. The number of nitrogens with zero attached hydrogens (tertiary/aromatic N) is 3. The molecule has 0 aliphatic heterocycles. The predicted molar refractivity (Wildman–Crippen MR) is 86.9 cm³/mol. The van der Waals surface area contributed by atoms with E-state index < -0.39 is 0 Å². The van der Waals surface area contributed by atoms with Crippen LogP contribution in [0.4, 0.5) is 11.4 Å². The normalized spacial score (nSPS) is 10.6. The second kappa shape index (κ2) is 5.66. The van der Waals surface area contributed by atoms with Crippen LogP contribution in [0.1, 0.15) is 5.56 Å². The van der Waals surface area contributed by atoms with Crippen molar-refractivity contribution >= 4 is 68.9 Å². The number of fused-ring (bicyclic) bond motifs is 1. The van der Waals surface area contributed by atoms with Gasteiger partial charge in [0, 0.05) is 5.02 Å². The van der Waals surface area contributed by atoms with E-state index in [1.807, 2.05) is 0 Å². The molecule has 0 saturated carbocycles. The Labute approximate surface area is 139 Å². The Morgan fingerprint density at radius 1 is 1.05 bits per heavy atom. The summed E-state index contributed by atoms with van der Waals surface area (Å²) in [5.41, 5.74) is 2.66. The summed E-state index contributed by atoms with van der Waals surface area (Å²) in [5, 5.41) is 13.6. The third-order valence-electron chi connectivity index (χ3n) is 2.81. The van der Waals surface area contributed by atoms with Crippen molar-refractivity contribution in [2.75, 3.05) is 5.32 Å². The van der Waals surface area contributed by atoms with Crippen LogP contribution in [0.2, 0.25) is 15.1 Å². The fraction of sp³-hybridized carbons (Fsp3) is 0. The van der Waals surface area contributed by atoms with E-state index in [1.54, 1.807) is 24.3 Å². The van der Waals surface area contributed by atoms with Gasteiger partial charge < -0.3 is 5.32 Å². The van der Waals surface area contributed by atoms with Crippen LogP contribution in [-0.4, -0.2) is 8.75 Å². The molecule has 104 valence electrons. The van der Waals surface area contributed by atoms with Crippen molar-refractivity contribution in [3.63, 3.8) is 0 Å². The minimum atomic E-state index is 0.393. The van der Waals surface area contributed by atoms with Crippen molar-refractivity contribution in [1.82, 2.24) is 8.75 Å². The topological polar surface area (TPSA) is 61.6 Å². The molecule has 0 saturated heterocycles. The lowest BCUT2D eigenvalue weighted by Crippen LogP contribution is -1.96. The van der Waals surface area contributed by atoms with Crippen molar-refractivity contribution in [2.24, 2.45) is 0 Å². The number of nitrogens with one attached hydrogen (secondary N) is 1. The molecule has 4 nitrogen and oxygen atoms in total. The highest BCUT2D eigenvalue weighted by atomic mass is 35.5. The predicted octanol–water partition coefficient (Wildman–Crippen LogP) is 5.27. The van der Waals surface area contributed by atoms with E-state index in [1.165, 1.54) is 0 Å². The average molecular weight is 356 g/mol. The lowest BCUT2D eigenvalue weighted by molar-refractivity contribution is 1.46. The van der Waals surface area contributed by atoms with Gasteiger partial charge in [-0.25, -0.2) is 0 Å². The maximum Gasteiger partial charge on any atom is 0.131 e. The van der Waals surface area contributed by atoms with Gasteiger partial charge in [-0.05, 0) is 24.3 Å². The van der Waals surface area contributed by atoms with Crippen LogP contribution in [0.3, 0.4) is 0 Å². The second-order valence-electron chi connectivity index (χ2n) is 4.10. The first kappa shape index (κ1) is 14.4. The number of nitriles is 1. The number of anilines is 2. The molecule has 2 aromatic carbocycles. The maximum atomic E-state index is 9.16. The van der Waals surface area contributed by atoms with E-state index in [0.717, 1.165) is 11.7 Å². The summed E-state index contributed by atoms with van der Waals surface area (Å²) in [4.78, 5) is 0. The first-order valence-electron chi connectivity index (χ1n) is 5.67. The quantitative estimate of drug-likeness (QED) is 0.680. The van der Waals surface area contributed by atoms with Gasteiger partial charge in [-0.1, -0.05) is 34.8 Å². The van der Waals surface area contributed by atoms with Gasteiger partial charge in [0.15, 0.2) is 0 Å². The summed E-state index contributed by atoms with van der Waals surface area (Å²) in [6.07, 6.45) is 0. The molecule has 8 heteroatoms. The molecule has 1 aromatic heterocycles. The van der Waals surface area contributed by atoms with Crippen LogP contribution in [0, 0.1) is 11.3 Å². The van der Waals surface area contributed by atoms with Crippen molar-refractivity contribution in [3.8, 4) is 6.07 Å². The van der Waals surface area contributed by atoms with Gasteiger partial charge in [-0.2, -0.15) is 14.0 Å². The maximum absolute atomic E-state index is 9.16. The zero-order valence-electron chi connectivity index (χ0n) is 10.2. The van der Waals surface area contributed by atoms with Gasteiger partial charge in [-0.15, -0.1) is 0 Å². The molecule has 1 heterocycles. The van der Waals surface area contributed by atoms with E-state index in [0.29, 0.717) is 43.0 Å². The molecular formula is C13H5Cl3N4S. The molecule has 1 N–H and O–H groups in total. The highest BCUT2D eigenvalue weighted by molar-refractivity contribution is 7.00. The van der Waals surface area contributed by atoms with Crippen LogP contribution in [0.15, 0.2) is 24.3 Å². The van der Waals surface area contributed by atoms with Gasteiger partial charge >= 0.3 is 0 Å². The Kier molecular flexibility index (Phi) is 3.87. The standard InChI is InChI=1S/C13H5Cl3N4S/c14-7-2-1-6(5-17)10(3-7)18-11-8(15)4-9(16)12-13(11)20-21-19-12/h1-4,18H. The lowest BCUT2D eigenvalue weighted by atomic mass is 10.1. The van der Waals surface area contributed by atoms with Gasteiger partial charge in [0.1, 0.15) is 17.1 Å². The zero-order chi connectivity index (χ0) is 15.0. The molecule has 0 radical (unpaired) electrons. The summed E-state index contributed by atoms with van der Waals surface area (Å²) in [6.45, 7) is 0. The molecule has 0 spiro atoms. The molecule has 0 aliphatic rings. The smallest absolute Gasteiger partial charge is 0.131 e. The van der Waals surface area contributed by atoms with E-state index in [4.69, 9.17) is 40.1 Å². The molecule has 0 bridgehead atoms. The Morgan fingerprint density at radius 3 is 2.57 bits per heavy atom. The molecule has 3 aromatic rings. The van der Waals surface area contributed by atoms with E-state index >= 15 is 0 Å². The van der Waals surface area contributed by atoms with Crippen molar-refractivity contribution in [1.29, 1.82) is 5.26 Å². The first-order chi connectivity index (χ1) is 10.1. The van der Waals surface area contributed by atoms with Gasteiger partial charge in [0.2, 0.25) is 0 Å². The number of hydrogen-bond donors (Lipinski definition) is 1. The molecule has 0 fully saturated rings. The zero-order valence-corrected chi connectivity index (χ0v) is 13.3. The van der Waals surface area contributed by atoms with Crippen LogP contribution < -0.4 is 5.32 Å². The minimum Gasteiger partial charge on any atom is -0.351 e. The number of hydrogen-bond acceptors (Lipinski definition) is 5. The third kappa shape index (κ3) is 2.63. The Hall–Kier alpha value is -1.58. The van der Waals surface area contributed by atoms with Gasteiger partial charge in [0.25, 0.3) is 0 Å². The Balaban J connectivity index is 2.17. The molecule has 3 rings (SSSR count). The summed E-state index contributed by atoms with van der Waals surface area (Å²) < 4.78 is 8.33.